The zero-order valence-corrected chi connectivity index (χ0v) is 12.1. The lowest BCUT2D eigenvalue weighted by Crippen LogP contribution is -2.45. The number of hydrogen-bond acceptors (Lipinski definition) is 3. The number of carbonyl (C=O) groups excluding carboxylic acids is 1. The Labute approximate surface area is 116 Å². The van der Waals surface area contributed by atoms with Crippen LogP contribution in [0, 0.1) is 11.3 Å². The first-order valence-electron chi connectivity index (χ1n) is 7.97. The van der Waals surface area contributed by atoms with E-state index in [1.54, 1.807) is 0 Å². The Morgan fingerprint density at radius 2 is 2.00 bits per heavy atom. The van der Waals surface area contributed by atoms with Crippen molar-refractivity contribution in [3.63, 3.8) is 0 Å². The van der Waals surface area contributed by atoms with Crippen LogP contribution >= 0.6 is 0 Å². The van der Waals surface area contributed by atoms with E-state index in [9.17, 15) is 4.79 Å². The Morgan fingerprint density at radius 1 is 1.32 bits per heavy atom. The summed E-state index contributed by atoms with van der Waals surface area (Å²) in [7, 11) is 0. The molecule has 4 heteroatoms. The molecule has 0 aromatic heterocycles. The van der Waals surface area contributed by atoms with Gasteiger partial charge in [0.25, 0.3) is 0 Å². The normalized spacial score (nSPS) is 31.3. The summed E-state index contributed by atoms with van der Waals surface area (Å²) >= 11 is 0. The Kier molecular flexibility index (Phi) is 3.81. The van der Waals surface area contributed by atoms with Gasteiger partial charge in [-0.05, 0) is 57.2 Å². The van der Waals surface area contributed by atoms with Gasteiger partial charge in [0.1, 0.15) is 0 Å². The third-order valence-electron chi connectivity index (χ3n) is 5.49. The number of nitrogens with one attached hydrogen (secondary N) is 2. The van der Waals surface area contributed by atoms with E-state index in [1.807, 2.05) is 0 Å². The molecule has 0 radical (unpaired) electrons. The summed E-state index contributed by atoms with van der Waals surface area (Å²) in [5, 5.41) is 6.71. The minimum absolute atomic E-state index is 0.318. The summed E-state index contributed by atoms with van der Waals surface area (Å²) in [6, 6.07) is 0.426. The second kappa shape index (κ2) is 5.41. The van der Waals surface area contributed by atoms with Crippen molar-refractivity contribution in [3.05, 3.63) is 0 Å². The molecule has 1 spiro atoms. The SMILES string of the molecule is CCN1CCC(NC(=O)C2CC23CCNCC3)CC1. The highest BCUT2D eigenvalue weighted by atomic mass is 16.2. The van der Waals surface area contributed by atoms with E-state index >= 15 is 0 Å². The number of piperidine rings is 2. The number of nitrogens with zero attached hydrogens (tertiary/aromatic N) is 1. The molecule has 1 atom stereocenters. The Morgan fingerprint density at radius 3 is 2.63 bits per heavy atom. The molecule has 2 aliphatic heterocycles. The maximum Gasteiger partial charge on any atom is 0.223 e. The maximum atomic E-state index is 12.4. The Hall–Kier alpha value is -0.610. The largest absolute Gasteiger partial charge is 0.353 e. The number of likely N-dealkylation sites (tertiary alicyclic amines) is 1. The van der Waals surface area contributed by atoms with E-state index in [0.29, 0.717) is 23.3 Å². The average Bonchev–Trinajstić information content (AvgIpc) is 3.14. The zero-order valence-electron chi connectivity index (χ0n) is 12.1. The van der Waals surface area contributed by atoms with E-state index in [0.717, 1.165) is 52.0 Å². The van der Waals surface area contributed by atoms with Gasteiger partial charge < -0.3 is 15.5 Å². The summed E-state index contributed by atoms with van der Waals surface area (Å²) in [6.07, 6.45) is 5.77. The number of rotatable bonds is 3. The van der Waals surface area contributed by atoms with Crippen LogP contribution in [0.2, 0.25) is 0 Å². The molecule has 0 bridgehead atoms. The summed E-state index contributed by atoms with van der Waals surface area (Å²) in [5.41, 5.74) is 0.374. The molecule has 1 unspecified atom stereocenters. The molecule has 2 saturated heterocycles. The average molecular weight is 265 g/mol. The van der Waals surface area contributed by atoms with Gasteiger partial charge in [0, 0.05) is 25.0 Å². The van der Waals surface area contributed by atoms with Gasteiger partial charge in [-0.15, -0.1) is 0 Å². The molecule has 108 valence electrons. The van der Waals surface area contributed by atoms with Crippen molar-refractivity contribution in [3.8, 4) is 0 Å². The topological polar surface area (TPSA) is 44.4 Å². The van der Waals surface area contributed by atoms with E-state index in [2.05, 4.69) is 22.5 Å². The third kappa shape index (κ3) is 2.79. The molecule has 1 aliphatic carbocycles. The monoisotopic (exact) mass is 265 g/mol. The van der Waals surface area contributed by atoms with Crippen molar-refractivity contribution in [2.24, 2.45) is 11.3 Å². The molecule has 4 nitrogen and oxygen atoms in total. The summed E-state index contributed by atoms with van der Waals surface area (Å²) in [4.78, 5) is 14.8. The van der Waals surface area contributed by atoms with Crippen molar-refractivity contribution >= 4 is 5.91 Å². The molecule has 1 saturated carbocycles. The van der Waals surface area contributed by atoms with Gasteiger partial charge in [-0.25, -0.2) is 0 Å². The first-order valence-corrected chi connectivity index (χ1v) is 7.97. The van der Waals surface area contributed by atoms with E-state index in [1.165, 1.54) is 12.8 Å². The highest BCUT2D eigenvalue weighted by Gasteiger charge is 2.57. The van der Waals surface area contributed by atoms with Crippen molar-refractivity contribution in [2.45, 2.75) is 45.1 Å². The van der Waals surface area contributed by atoms with Crippen molar-refractivity contribution in [1.29, 1.82) is 0 Å². The van der Waals surface area contributed by atoms with Crippen molar-refractivity contribution in [2.75, 3.05) is 32.7 Å². The van der Waals surface area contributed by atoms with Crippen LogP contribution < -0.4 is 10.6 Å². The van der Waals surface area contributed by atoms with Gasteiger partial charge in [-0.2, -0.15) is 0 Å². The van der Waals surface area contributed by atoms with Crippen molar-refractivity contribution < 1.29 is 4.79 Å². The lowest BCUT2D eigenvalue weighted by molar-refractivity contribution is -0.124. The van der Waals surface area contributed by atoms with Crippen molar-refractivity contribution in [1.82, 2.24) is 15.5 Å². The second-order valence-electron chi connectivity index (χ2n) is 6.59. The minimum atomic E-state index is 0.318. The van der Waals surface area contributed by atoms with E-state index < -0.39 is 0 Å². The van der Waals surface area contributed by atoms with Crippen LogP contribution in [0.1, 0.15) is 39.0 Å². The molecule has 0 aromatic carbocycles. The van der Waals surface area contributed by atoms with Crippen LogP contribution in [0.4, 0.5) is 0 Å². The highest BCUT2D eigenvalue weighted by Crippen LogP contribution is 2.58. The summed E-state index contributed by atoms with van der Waals surface area (Å²) < 4.78 is 0. The quantitative estimate of drug-likeness (QED) is 0.799. The van der Waals surface area contributed by atoms with Crippen LogP contribution in [0.15, 0.2) is 0 Å². The smallest absolute Gasteiger partial charge is 0.223 e. The van der Waals surface area contributed by atoms with Crippen LogP contribution in [-0.2, 0) is 4.79 Å². The predicted octanol–water partition coefficient (Wildman–Crippen LogP) is 0.977. The maximum absolute atomic E-state index is 12.4. The Bertz CT molecular complexity index is 330. The fraction of sp³-hybridized carbons (Fsp3) is 0.933. The number of hydrogen-bond donors (Lipinski definition) is 2. The van der Waals surface area contributed by atoms with Crippen LogP contribution in [-0.4, -0.2) is 49.6 Å². The second-order valence-corrected chi connectivity index (χ2v) is 6.59. The molecule has 3 fully saturated rings. The Balaban J connectivity index is 1.45. The van der Waals surface area contributed by atoms with Gasteiger partial charge in [-0.1, -0.05) is 6.92 Å². The predicted molar refractivity (Wildman–Crippen MR) is 75.9 cm³/mol. The lowest BCUT2D eigenvalue weighted by Gasteiger charge is -2.32. The van der Waals surface area contributed by atoms with Gasteiger partial charge >= 0.3 is 0 Å². The minimum Gasteiger partial charge on any atom is -0.353 e. The number of amides is 1. The van der Waals surface area contributed by atoms with E-state index in [4.69, 9.17) is 0 Å². The van der Waals surface area contributed by atoms with E-state index in [-0.39, 0.29) is 0 Å². The fourth-order valence-corrected chi connectivity index (χ4v) is 3.89. The molecule has 2 heterocycles. The molecular formula is C15H27N3O. The first kappa shape index (κ1) is 13.4. The number of carbonyl (C=O) groups is 1. The molecule has 1 amide bonds. The standard InChI is InChI=1S/C15H27N3O/c1-2-18-9-3-12(4-10-18)17-14(19)13-11-15(13)5-7-16-8-6-15/h12-13,16H,2-11H2,1H3,(H,17,19). The molecular weight excluding hydrogens is 238 g/mol. The lowest BCUT2D eigenvalue weighted by atomic mass is 9.91. The summed E-state index contributed by atoms with van der Waals surface area (Å²) in [6.45, 7) is 7.82. The van der Waals surface area contributed by atoms with Gasteiger partial charge in [0.05, 0.1) is 0 Å². The molecule has 0 aromatic rings. The summed E-state index contributed by atoms with van der Waals surface area (Å²) in [5.74, 6) is 0.663. The van der Waals surface area contributed by atoms with Crippen LogP contribution in [0.3, 0.4) is 0 Å². The fourth-order valence-electron chi connectivity index (χ4n) is 3.89. The van der Waals surface area contributed by atoms with Gasteiger partial charge in [0.15, 0.2) is 0 Å². The highest BCUT2D eigenvalue weighted by molar-refractivity contribution is 5.82. The van der Waals surface area contributed by atoms with Crippen LogP contribution in [0.5, 0.6) is 0 Å². The van der Waals surface area contributed by atoms with Gasteiger partial charge in [0.2, 0.25) is 5.91 Å². The first-order chi connectivity index (χ1) is 9.23. The molecule has 2 N–H and O–H groups in total. The third-order valence-corrected chi connectivity index (χ3v) is 5.49. The zero-order chi connectivity index (χ0) is 13.3. The van der Waals surface area contributed by atoms with Gasteiger partial charge in [-0.3, -0.25) is 4.79 Å². The van der Waals surface area contributed by atoms with Crippen LogP contribution in [0.25, 0.3) is 0 Å². The molecule has 3 aliphatic rings. The molecule has 3 rings (SSSR count). The molecule has 19 heavy (non-hydrogen) atoms.